The quantitative estimate of drug-likeness (QED) is 0.493. The van der Waals surface area contributed by atoms with Gasteiger partial charge in [0, 0.05) is 0 Å². The third kappa shape index (κ3) is 1.28. The van der Waals surface area contributed by atoms with Gasteiger partial charge in [-0.05, 0) is 13.8 Å². The van der Waals surface area contributed by atoms with Crippen LogP contribution in [0.2, 0.25) is 0 Å². The molecule has 0 unspecified atom stereocenters. The average Bonchev–Trinajstić information content (AvgIpc) is 1.79. The SMILES string of the molecule is CC1=C(C)OP(C)(=O)O1. The molecule has 1 heterocycles. The molecule has 0 bridgehead atoms. The molecule has 0 saturated carbocycles. The Morgan fingerprint density at radius 1 is 1.22 bits per heavy atom. The van der Waals surface area contributed by atoms with E-state index in [2.05, 4.69) is 0 Å². The molecule has 0 radical (unpaired) electrons. The van der Waals surface area contributed by atoms with Gasteiger partial charge in [0.1, 0.15) is 11.5 Å². The summed E-state index contributed by atoms with van der Waals surface area (Å²) in [5.74, 6) is 1.25. The Morgan fingerprint density at radius 3 is 1.67 bits per heavy atom. The number of rotatable bonds is 0. The van der Waals surface area contributed by atoms with E-state index in [0.29, 0.717) is 11.5 Å². The second kappa shape index (κ2) is 1.77. The topological polar surface area (TPSA) is 35.5 Å². The van der Waals surface area contributed by atoms with Gasteiger partial charge in [0.05, 0.1) is 6.66 Å². The van der Waals surface area contributed by atoms with E-state index in [1.165, 1.54) is 6.66 Å². The molecule has 0 aromatic rings. The molecule has 0 aliphatic carbocycles. The predicted molar refractivity (Wildman–Crippen MR) is 34.1 cm³/mol. The fourth-order valence-corrected chi connectivity index (χ4v) is 1.93. The third-order valence-electron chi connectivity index (χ3n) is 1.10. The van der Waals surface area contributed by atoms with E-state index in [4.69, 9.17) is 9.05 Å². The summed E-state index contributed by atoms with van der Waals surface area (Å²) in [5, 5.41) is 0. The van der Waals surface area contributed by atoms with Crippen molar-refractivity contribution in [2.75, 3.05) is 6.66 Å². The Balaban J connectivity index is 2.82. The van der Waals surface area contributed by atoms with Crippen LogP contribution in [0.1, 0.15) is 13.8 Å². The number of allylic oxidation sites excluding steroid dienone is 2. The first-order valence-electron chi connectivity index (χ1n) is 2.65. The smallest absolute Gasteiger partial charge is 0.417 e. The van der Waals surface area contributed by atoms with Gasteiger partial charge in [-0.15, -0.1) is 0 Å². The van der Waals surface area contributed by atoms with Crippen molar-refractivity contribution >= 4 is 7.60 Å². The van der Waals surface area contributed by atoms with Crippen LogP contribution in [0.15, 0.2) is 11.5 Å². The van der Waals surface area contributed by atoms with Crippen molar-refractivity contribution in [3.8, 4) is 0 Å². The molecule has 1 aliphatic rings. The highest BCUT2D eigenvalue weighted by atomic mass is 31.2. The summed E-state index contributed by atoms with van der Waals surface area (Å²) < 4.78 is 20.7. The molecule has 0 aromatic heterocycles. The fourth-order valence-electron chi connectivity index (χ4n) is 0.645. The van der Waals surface area contributed by atoms with Crippen LogP contribution in [0.25, 0.3) is 0 Å². The summed E-state index contributed by atoms with van der Waals surface area (Å²) in [6.07, 6.45) is 0. The first-order chi connectivity index (χ1) is 4.01. The lowest BCUT2D eigenvalue weighted by molar-refractivity contribution is 0.360. The van der Waals surface area contributed by atoms with Gasteiger partial charge in [0.15, 0.2) is 0 Å². The second-order valence-corrected chi connectivity index (χ2v) is 3.97. The van der Waals surface area contributed by atoms with E-state index < -0.39 is 7.60 Å². The highest BCUT2D eigenvalue weighted by Crippen LogP contribution is 2.53. The monoisotopic (exact) mass is 148 g/mol. The third-order valence-corrected chi connectivity index (χ3v) is 2.31. The zero-order valence-corrected chi connectivity index (χ0v) is 6.57. The minimum Gasteiger partial charge on any atom is -0.417 e. The van der Waals surface area contributed by atoms with Crippen LogP contribution in [0.5, 0.6) is 0 Å². The molecule has 0 saturated heterocycles. The van der Waals surface area contributed by atoms with Gasteiger partial charge in [-0.1, -0.05) is 0 Å². The van der Waals surface area contributed by atoms with E-state index in [-0.39, 0.29) is 0 Å². The summed E-state index contributed by atoms with van der Waals surface area (Å²) in [6.45, 7) is 4.92. The number of hydrogen-bond acceptors (Lipinski definition) is 3. The summed E-state index contributed by atoms with van der Waals surface area (Å²) in [7, 11) is -2.73. The van der Waals surface area contributed by atoms with Crippen LogP contribution < -0.4 is 0 Å². The lowest BCUT2D eigenvalue weighted by Crippen LogP contribution is -1.75. The van der Waals surface area contributed by atoms with Crippen molar-refractivity contribution in [1.82, 2.24) is 0 Å². The van der Waals surface area contributed by atoms with Crippen LogP contribution in [-0.2, 0) is 13.6 Å². The molecule has 0 aromatic carbocycles. The van der Waals surface area contributed by atoms with E-state index in [0.717, 1.165) is 0 Å². The van der Waals surface area contributed by atoms with Gasteiger partial charge in [0.2, 0.25) is 0 Å². The fraction of sp³-hybridized carbons (Fsp3) is 0.600. The highest BCUT2D eigenvalue weighted by Gasteiger charge is 2.28. The Labute approximate surface area is 54.2 Å². The van der Waals surface area contributed by atoms with Gasteiger partial charge < -0.3 is 9.05 Å². The average molecular weight is 148 g/mol. The molecular weight excluding hydrogens is 139 g/mol. The van der Waals surface area contributed by atoms with E-state index in [1.54, 1.807) is 13.8 Å². The molecule has 9 heavy (non-hydrogen) atoms. The van der Waals surface area contributed by atoms with E-state index >= 15 is 0 Å². The lowest BCUT2D eigenvalue weighted by Gasteiger charge is -2.02. The maximum Gasteiger partial charge on any atom is 0.427 e. The molecule has 0 atom stereocenters. The van der Waals surface area contributed by atoms with Crippen LogP contribution in [-0.4, -0.2) is 6.66 Å². The van der Waals surface area contributed by atoms with Crippen molar-refractivity contribution < 1.29 is 13.6 Å². The van der Waals surface area contributed by atoms with Crippen molar-refractivity contribution in [2.24, 2.45) is 0 Å². The summed E-state index contributed by atoms with van der Waals surface area (Å²) in [6, 6.07) is 0. The molecule has 0 amide bonds. The minimum absolute atomic E-state index is 0.626. The Hall–Kier alpha value is -0.430. The second-order valence-electron chi connectivity index (χ2n) is 2.07. The summed E-state index contributed by atoms with van der Waals surface area (Å²) in [4.78, 5) is 0. The zero-order chi connectivity index (χ0) is 7.07. The Bertz CT molecular complexity index is 188. The van der Waals surface area contributed by atoms with E-state index in [9.17, 15) is 4.57 Å². The van der Waals surface area contributed by atoms with Crippen LogP contribution in [0.3, 0.4) is 0 Å². The van der Waals surface area contributed by atoms with Crippen LogP contribution in [0.4, 0.5) is 0 Å². The molecule has 3 nitrogen and oxygen atoms in total. The first kappa shape index (κ1) is 6.69. The molecule has 52 valence electrons. The summed E-state index contributed by atoms with van der Waals surface area (Å²) in [5.41, 5.74) is 0. The van der Waals surface area contributed by atoms with Gasteiger partial charge >= 0.3 is 7.60 Å². The van der Waals surface area contributed by atoms with Gasteiger partial charge in [-0.2, -0.15) is 0 Å². The standard InChI is InChI=1S/C5H9O3P/c1-4-5(2)8-9(3,6)7-4/h1-3H3. The molecule has 1 aliphatic heterocycles. The van der Waals surface area contributed by atoms with Gasteiger partial charge in [0.25, 0.3) is 0 Å². The Morgan fingerprint density at radius 2 is 1.56 bits per heavy atom. The molecule has 0 fully saturated rings. The van der Waals surface area contributed by atoms with Crippen molar-refractivity contribution in [2.45, 2.75) is 13.8 Å². The van der Waals surface area contributed by atoms with Gasteiger partial charge in [-0.3, -0.25) is 0 Å². The van der Waals surface area contributed by atoms with E-state index in [1.807, 2.05) is 0 Å². The predicted octanol–water partition coefficient (Wildman–Crippen LogP) is 2.11. The molecule has 0 spiro atoms. The van der Waals surface area contributed by atoms with Gasteiger partial charge in [-0.25, -0.2) is 4.57 Å². The summed E-state index contributed by atoms with van der Waals surface area (Å²) >= 11 is 0. The normalized spacial score (nSPS) is 23.4. The Kier molecular flexibility index (Phi) is 1.32. The largest absolute Gasteiger partial charge is 0.427 e. The van der Waals surface area contributed by atoms with Crippen molar-refractivity contribution in [3.05, 3.63) is 11.5 Å². The van der Waals surface area contributed by atoms with Crippen molar-refractivity contribution in [3.63, 3.8) is 0 Å². The van der Waals surface area contributed by atoms with Crippen molar-refractivity contribution in [1.29, 1.82) is 0 Å². The van der Waals surface area contributed by atoms with Crippen LogP contribution in [0, 0.1) is 0 Å². The first-order valence-corrected chi connectivity index (χ1v) is 4.64. The zero-order valence-electron chi connectivity index (χ0n) is 5.67. The maximum atomic E-state index is 10.9. The minimum atomic E-state index is -2.73. The lowest BCUT2D eigenvalue weighted by atomic mass is 10.5. The van der Waals surface area contributed by atoms with Crippen LogP contribution >= 0.6 is 7.60 Å². The highest BCUT2D eigenvalue weighted by molar-refractivity contribution is 7.53. The molecule has 4 heteroatoms. The molecule has 1 rings (SSSR count). The molecular formula is C5H9O3P. The molecule has 0 N–H and O–H groups in total. The number of hydrogen-bond donors (Lipinski definition) is 0. The maximum absolute atomic E-state index is 10.9.